The van der Waals surface area contributed by atoms with Gasteiger partial charge in [-0.25, -0.2) is 0 Å². The Morgan fingerprint density at radius 3 is 1.50 bits per heavy atom. The van der Waals surface area contributed by atoms with Gasteiger partial charge < -0.3 is 10.6 Å². The first kappa shape index (κ1) is 14.0. The molecule has 0 aliphatic heterocycles. The van der Waals surface area contributed by atoms with Gasteiger partial charge in [-0.05, 0) is 13.8 Å². The number of nitrogens with one attached hydrogen (secondary N) is 2. The summed E-state index contributed by atoms with van der Waals surface area (Å²) in [7, 11) is 0. The minimum atomic E-state index is -0.395. The normalized spacial score (nSPS) is 32.2. The quantitative estimate of drug-likeness (QED) is 0.463. The fourth-order valence-electron chi connectivity index (χ4n) is 1.63. The van der Waals surface area contributed by atoms with Crippen LogP contribution in [0.5, 0.6) is 0 Å². The van der Waals surface area contributed by atoms with Crippen molar-refractivity contribution in [2.75, 3.05) is 0 Å². The lowest BCUT2D eigenvalue weighted by atomic mass is 9.76. The minimum absolute atomic E-state index is 0.395. The molecule has 0 radical (unpaired) electrons. The van der Waals surface area contributed by atoms with Crippen LogP contribution in [0.15, 0.2) is 24.3 Å². The van der Waals surface area contributed by atoms with E-state index in [4.69, 9.17) is 24.4 Å². The maximum Gasteiger partial charge on any atom is 0.131 e. The van der Waals surface area contributed by atoms with Gasteiger partial charge in [-0.2, -0.15) is 0 Å². The van der Waals surface area contributed by atoms with E-state index in [1.165, 1.54) is 0 Å². The zero-order chi connectivity index (χ0) is 12.4. The van der Waals surface area contributed by atoms with Gasteiger partial charge in [0.2, 0.25) is 0 Å². The van der Waals surface area contributed by atoms with E-state index in [-0.39, 0.29) is 0 Å². The standard InChI is InChI=1S/C10H14N2S4/c1-9(11-7(13)14)5-3-4-6-10(9,2)12-8(15)16/h3-6H,1-2H3,(H2,11,13,14)(H2,12,15,16). The molecule has 2 N–H and O–H groups in total. The van der Waals surface area contributed by atoms with Crippen LogP contribution in [0.25, 0.3) is 0 Å². The van der Waals surface area contributed by atoms with Crippen LogP contribution in [-0.2, 0) is 0 Å². The summed E-state index contributed by atoms with van der Waals surface area (Å²) in [4.78, 5) is 0. The molecular formula is C10H14N2S4. The third kappa shape index (κ3) is 3.00. The van der Waals surface area contributed by atoms with E-state index in [1.807, 2.05) is 38.2 Å². The monoisotopic (exact) mass is 290 g/mol. The van der Waals surface area contributed by atoms with E-state index in [2.05, 4.69) is 35.9 Å². The maximum absolute atomic E-state index is 4.98. The van der Waals surface area contributed by atoms with E-state index >= 15 is 0 Å². The third-order valence-corrected chi connectivity index (χ3v) is 3.21. The Labute approximate surface area is 118 Å². The van der Waals surface area contributed by atoms with Crippen LogP contribution in [0.3, 0.4) is 0 Å². The molecule has 0 fully saturated rings. The Hall–Kier alpha value is -0.0400. The van der Waals surface area contributed by atoms with Gasteiger partial charge in [-0.3, -0.25) is 0 Å². The molecule has 88 valence electrons. The lowest BCUT2D eigenvalue weighted by Crippen LogP contribution is -2.66. The molecule has 1 aliphatic rings. The fraction of sp³-hybridized carbons (Fsp3) is 0.400. The van der Waals surface area contributed by atoms with E-state index in [0.29, 0.717) is 8.64 Å². The van der Waals surface area contributed by atoms with Crippen LogP contribution in [0.1, 0.15) is 13.8 Å². The molecule has 2 atom stereocenters. The van der Waals surface area contributed by atoms with E-state index in [9.17, 15) is 0 Å². The Morgan fingerprint density at radius 1 is 0.938 bits per heavy atom. The fourth-order valence-corrected chi connectivity index (χ4v) is 2.52. The summed E-state index contributed by atoms with van der Waals surface area (Å²) in [5.74, 6) is 0. The molecule has 0 aromatic rings. The number of rotatable bonds is 2. The molecule has 0 aromatic heterocycles. The Kier molecular flexibility index (Phi) is 4.45. The van der Waals surface area contributed by atoms with Gasteiger partial charge in [0.05, 0.1) is 11.1 Å². The first-order valence-corrected chi connectivity index (χ1v) is 6.39. The molecule has 0 spiro atoms. The smallest absolute Gasteiger partial charge is 0.131 e. The van der Waals surface area contributed by atoms with Crippen molar-refractivity contribution in [2.45, 2.75) is 24.9 Å². The Morgan fingerprint density at radius 2 is 1.25 bits per heavy atom. The lowest BCUT2D eigenvalue weighted by Gasteiger charge is -2.45. The summed E-state index contributed by atoms with van der Waals surface area (Å²) in [6.45, 7) is 4.04. The molecule has 0 amide bonds. The first-order valence-electron chi connectivity index (χ1n) is 4.68. The van der Waals surface area contributed by atoms with Crippen LogP contribution in [-0.4, -0.2) is 19.7 Å². The van der Waals surface area contributed by atoms with Crippen LogP contribution in [0, 0.1) is 0 Å². The van der Waals surface area contributed by atoms with Gasteiger partial charge in [-0.1, -0.05) is 48.7 Å². The molecule has 0 saturated heterocycles. The second kappa shape index (κ2) is 5.08. The summed E-state index contributed by atoms with van der Waals surface area (Å²) in [6, 6.07) is 0. The highest BCUT2D eigenvalue weighted by atomic mass is 32.1. The minimum Gasteiger partial charge on any atom is -0.360 e. The van der Waals surface area contributed by atoms with Crippen molar-refractivity contribution in [3.63, 3.8) is 0 Å². The molecule has 2 nitrogen and oxygen atoms in total. The average Bonchev–Trinajstić information content (AvgIpc) is 2.08. The lowest BCUT2D eigenvalue weighted by molar-refractivity contribution is 0.323. The predicted molar refractivity (Wildman–Crippen MR) is 84.5 cm³/mol. The SMILES string of the molecule is CC1(NC(=S)S)C=CC=CC1(C)NC(=S)S. The van der Waals surface area contributed by atoms with Gasteiger partial charge in [0.25, 0.3) is 0 Å². The maximum atomic E-state index is 4.98. The van der Waals surface area contributed by atoms with Crippen molar-refractivity contribution in [1.29, 1.82) is 0 Å². The zero-order valence-electron chi connectivity index (χ0n) is 9.02. The van der Waals surface area contributed by atoms with E-state index in [0.717, 1.165) is 0 Å². The van der Waals surface area contributed by atoms with Crippen LogP contribution in [0.2, 0.25) is 0 Å². The first-order chi connectivity index (χ1) is 7.29. The molecule has 0 bridgehead atoms. The highest BCUT2D eigenvalue weighted by Crippen LogP contribution is 2.29. The average molecular weight is 291 g/mol. The number of thiol groups is 2. The molecule has 0 aromatic carbocycles. The van der Waals surface area contributed by atoms with Crippen LogP contribution in [0.4, 0.5) is 0 Å². The van der Waals surface area contributed by atoms with Crippen LogP contribution >= 0.6 is 49.7 Å². The van der Waals surface area contributed by atoms with Crippen molar-refractivity contribution in [3.05, 3.63) is 24.3 Å². The topological polar surface area (TPSA) is 24.1 Å². The largest absolute Gasteiger partial charge is 0.360 e. The molecule has 0 saturated carbocycles. The van der Waals surface area contributed by atoms with Crippen molar-refractivity contribution >= 4 is 58.3 Å². The predicted octanol–water partition coefficient (Wildman–Crippen LogP) is 2.24. The van der Waals surface area contributed by atoms with E-state index in [1.54, 1.807) is 0 Å². The van der Waals surface area contributed by atoms with Gasteiger partial charge in [0.15, 0.2) is 0 Å². The van der Waals surface area contributed by atoms with Gasteiger partial charge in [-0.15, -0.1) is 25.3 Å². The molecule has 6 heteroatoms. The van der Waals surface area contributed by atoms with Gasteiger partial charge in [0, 0.05) is 0 Å². The summed E-state index contributed by atoms with van der Waals surface area (Å²) in [5.41, 5.74) is -0.791. The van der Waals surface area contributed by atoms with Crippen molar-refractivity contribution in [3.8, 4) is 0 Å². The second-order valence-electron chi connectivity index (χ2n) is 3.98. The molecule has 1 aliphatic carbocycles. The van der Waals surface area contributed by atoms with Gasteiger partial charge >= 0.3 is 0 Å². The molecular weight excluding hydrogens is 276 g/mol. The highest BCUT2D eigenvalue weighted by Gasteiger charge is 2.42. The summed E-state index contributed by atoms with van der Waals surface area (Å²) < 4.78 is 0.890. The van der Waals surface area contributed by atoms with Crippen LogP contribution < -0.4 is 10.6 Å². The number of hydrogen-bond acceptors (Lipinski definition) is 2. The number of thiocarbonyl (C=S) groups is 2. The van der Waals surface area contributed by atoms with Crippen molar-refractivity contribution in [2.24, 2.45) is 0 Å². The molecule has 1 rings (SSSR count). The van der Waals surface area contributed by atoms with Crippen molar-refractivity contribution < 1.29 is 0 Å². The summed E-state index contributed by atoms with van der Waals surface area (Å²) in [5, 5.41) is 6.31. The molecule has 0 heterocycles. The number of allylic oxidation sites excluding steroid dienone is 2. The molecule has 2 unspecified atom stereocenters. The van der Waals surface area contributed by atoms with Crippen molar-refractivity contribution in [1.82, 2.24) is 10.6 Å². The second-order valence-corrected chi connectivity index (χ2v) is 6.30. The summed E-state index contributed by atoms with van der Waals surface area (Å²) in [6.07, 6.45) is 7.97. The summed E-state index contributed by atoms with van der Waals surface area (Å²) >= 11 is 18.2. The Balaban J connectivity index is 3.04. The van der Waals surface area contributed by atoms with Gasteiger partial charge in [0.1, 0.15) is 8.64 Å². The molecule has 16 heavy (non-hydrogen) atoms. The van der Waals surface area contributed by atoms with E-state index < -0.39 is 11.1 Å². The zero-order valence-corrected chi connectivity index (χ0v) is 12.4. The number of hydrogen-bond donors (Lipinski definition) is 4. The third-order valence-electron chi connectivity index (χ3n) is 2.78. The highest BCUT2D eigenvalue weighted by molar-refractivity contribution is 8.11. The Bertz CT molecular complexity index is 341.